The minimum atomic E-state index is -0.400. The van der Waals surface area contributed by atoms with Gasteiger partial charge in [0, 0.05) is 9.80 Å². The number of rotatable bonds is 4. The van der Waals surface area contributed by atoms with E-state index in [1.807, 2.05) is 18.2 Å². The first kappa shape index (κ1) is 11.2. The Labute approximate surface area is 94.8 Å². The molecule has 1 aromatic rings. The molecule has 0 aliphatic carbocycles. The van der Waals surface area contributed by atoms with Crippen LogP contribution in [0.5, 0.6) is 0 Å². The van der Waals surface area contributed by atoms with Gasteiger partial charge in [0.15, 0.2) is 0 Å². The van der Waals surface area contributed by atoms with Crippen molar-refractivity contribution in [2.75, 3.05) is 5.33 Å². The SMILES string of the molecule is FCc1cccc(CCCBr)c1Br. The molecule has 0 bridgehead atoms. The lowest BCUT2D eigenvalue weighted by Gasteiger charge is -2.06. The van der Waals surface area contributed by atoms with Gasteiger partial charge in [0.05, 0.1) is 0 Å². The molecule has 0 unspecified atom stereocenters. The van der Waals surface area contributed by atoms with Crippen LogP contribution in [0.1, 0.15) is 17.5 Å². The molecule has 72 valence electrons. The summed E-state index contributed by atoms with van der Waals surface area (Å²) in [5.41, 5.74) is 1.93. The van der Waals surface area contributed by atoms with Crippen molar-refractivity contribution in [3.63, 3.8) is 0 Å². The van der Waals surface area contributed by atoms with E-state index >= 15 is 0 Å². The third kappa shape index (κ3) is 3.06. The van der Waals surface area contributed by atoms with Crippen LogP contribution < -0.4 is 0 Å². The Kier molecular flexibility index (Phi) is 4.96. The fourth-order valence-corrected chi connectivity index (χ4v) is 2.04. The normalized spacial score (nSPS) is 10.4. The Morgan fingerprint density at radius 2 is 1.92 bits per heavy atom. The van der Waals surface area contributed by atoms with Gasteiger partial charge in [-0.15, -0.1) is 0 Å². The molecule has 13 heavy (non-hydrogen) atoms. The second-order valence-corrected chi connectivity index (χ2v) is 4.40. The Morgan fingerprint density at radius 3 is 2.54 bits per heavy atom. The first-order chi connectivity index (χ1) is 6.29. The predicted molar refractivity (Wildman–Crippen MR) is 61.1 cm³/mol. The van der Waals surface area contributed by atoms with Gasteiger partial charge in [-0.05, 0) is 24.0 Å². The molecule has 0 amide bonds. The lowest BCUT2D eigenvalue weighted by atomic mass is 10.1. The van der Waals surface area contributed by atoms with E-state index in [1.165, 1.54) is 5.56 Å². The molecule has 0 saturated carbocycles. The molecule has 3 heteroatoms. The van der Waals surface area contributed by atoms with Gasteiger partial charge in [0.25, 0.3) is 0 Å². The molecule has 0 radical (unpaired) electrons. The summed E-state index contributed by atoms with van der Waals surface area (Å²) < 4.78 is 13.4. The summed E-state index contributed by atoms with van der Waals surface area (Å²) in [6.45, 7) is -0.400. The average Bonchev–Trinajstić information content (AvgIpc) is 2.16. The standard InChI is InChI=1S/C10H11Br2F/c11-6-2-5-8-3-1-4-9(7-13)10(8)12/h1,3-4H,2,5-7H2. The van der Waals surface area contributed by atoms with Gasteiger partial charge >= 0.3 is 0 Å². The van der Waals surface area contributed by atoms with E-state index in [2.05, 4.69) is 31.9 Å². The molecule has 0 heterocycles. The van der Waals surface area contributed by atoms with Crippen molar-refractivity contribution in [2.24, 2.45) is 0 Å². The predicted octanol–water partition coefficient (Wildman–Crippen LogP) is 4.25. The van der Waals surface area contributed by atoms with Crippen LogP contribution >= 0.6 is 31.9 Å². The molecule has 0 aliphatic rings. The number of benzene rings is 1. The molecule has 1 aromatic carbocycles. The highest BCUT2D eigenvalue weighted by Crippen LogP contribution is 2.23. The molecule has 0 N–H and O–H groups in total. The number of alkyl halides is 2. The molecule has 0 saturated heterocycles. The highest BCUT2D eigenvalue weighted by atomic mass is 79.9. The summed E-state index contributed by atoms with van der Waals surface area (Å²) in [6, 6.07) is 5.75. The van der Waals surface area contributed by atoms with Crippen LogP contribution in [0.4, 0.5) is 4.39 Å². The highest BCUT2D eigenvalue weighted by molar-refractivity contribution is 9.10. The molecule has 0 fully saturated rings. The van der Waals surface area contributed by atoms with Crippen molar-refractivity contribution in [3.8, 4) is 0 Å². The molecule has 0 spiro atoms. The van der Waals surface area contributed by atoms with Crippen molar-refractivity contribution < 1.29 is 4.39 Å². The first-order valence-corrected chi connectivity index (χ1v) is 6.09. The van der Waals surface area contributed by atoms with Gasteiger partial charge in [-0.25, -0.2) is 4.39 Å². The van der Waals surface area contributed by atoms with Crippen LogP contribution in [0.3, 0.4) is 0 Å². The smallest absolute Gasteiger partial charge is 0.116 e. The second-order valence-electron chi connectivity index (χ2n) is 2.82. The van der Waals surface area contributed by atoms with Crippen LogP contribution in [0.25, 0.3) is 0 Å². The fraction of sp³-hybridized carbons (Fsp3) is 0.400. The largest absolute Gasteiger partial charge is 0.246 e. The zero-order valence-corrected chi connectivity index (χ0v) is 10.4. The monoisotopic (exact) mass is 308 g/mol. The van der Waals surface area contributed by atoms with Gasteiger partial charge in [0.2, 0.25) is 0 Å². The van der Waals surface area contributed by atoms with Gasteiger partial charge in [-0.1, -0.05) is 50.1 Å². The minimum absolute atomic E-state index is 0.400. The second kappa shape index (κ2) is 5.76. The van der Waals surface area contributed by atoms with Crippen LogP contribution in [0, 0.1) is 0 Å². The van der Waals surface area contributed by atoms with E-state index in [0.717, 1.165) is 28.2 Å². The molecular formula is C10H11Br2F. The van der Waals surface area contributed by atoms with E-state index in [1.54, 1.807) is 0 Å². The van der Waals surface area contributed by atoms with Crippen LogP contribution in [0.2, 0.25) is 0 Å². The zero-order valence-electron chi connectivity index (χ0n) is 7.19. The van der Waals surface area contributed by atoms with E-state index in [0.29, 0.717) is 0 Å². The third-order valence-electron chi connectivity index (χ3n) is 1.88. The van der Waals surface area contributed by atoms with Crippen molar-refractivity contribution >= 4 is 31.9 Å². The summed E-state index contributed by atoms with van der Waals surface area (Å²) in [7, 11) is 0. The Balaban J connectivity index is 2.81. The van der Waals surface area contributed by atoms with Gasteiger partial charge in [-0.3, -0.25) is 0 Å². The Bertz CT molecular complexity index is 274. The molecule has 1 rings (SSSR count). The Morgan fingerprint density at radius 1 is 1.23 bits per heavy atom. The molecule has 0 aromatic heterocycles. The number of halogens is 3. The van der Waals surface area contributed by atoms with Crippen molar-refractivity contribution in [1.29, 1.82) is 0 Å². The summed E-state index contributed by atoms with van der Waals surface area (Å²) in [5, 5.41) is 0.985. The molecular weight excluding hydrogens is 299 g/mol. The summed E-state index contributed by atoms with van der Waals surface area (Å²) in [6.07, 6.45) is 2.06. The number of hydrogen-bond acceptors (Lipinski definition) is 0. The van der Waals surface area contributed by atoms with Crippen LogP contribution in [0.15, 0.2) is 22.7 Å². The maximum atomic E-state index is 12.4. The molecule has 0 aliphatic heterocycles. The van der Waals surface area contributed by atoms with Gasteiger partial charge in [0.1, 0.15) is 6.67 Å². The van der Waals surface area contributed by atoms with Crippen LogP contribution in [-0.2, 0) is 13.1 Å². The van der Waals surface area contributed by atoms with Crippen molar-refractivity contribution in [2.45, 2.75) is 19.5 Å². The number of aryl methyl sites for hydroxylation is 1. The lowest BCUT2D eigenvalue weighted by molar-refractivity contribution is 0.483. The maximum absolute atomic E-state index is 12.4. The van der Waals surface area contributed by atoms with E-state index in [9.17, 15) is 4.39 Å². The third-order valence-corrected chi connectivity index (χ3v) is 3.46. The summed E-state index contributed by atoms with van der Waals surface area (Å²) >= 11 is 6.79. The van der Waals surface area contributed by atoms with E-state index < -0.39 is 6.67 Å². The molecule has 0 nitrogen and oxygen atoms in total. The average molecular weight is 310 g/mol. The minimum Gasteiger partial charge on any atom is -0.246 e. The summed E-state index contributed by atoms with van der Waals surface area (Å²) in [4.78, 5) is 0. The van der Waals surface area contributed by atoms with Crippen LogP contribution in [-0.4, -0.2) is 5.33 Å². The van der Waals surface area contributed by atoms with Gasteiger partial charge in [-0.2, -0.15) is 0 Å². The quantitative estimate of drug-likeness (QED) is 0.730. The van der Waals surface area contributed by atoms with E-state index in [-0.39, 0.29) is 0 Å². The fourth-order valence-electron chi connectivity index (χ4n) is 1.19. The van der Waals surface area contributed by atoms with Crippen molar-refractivity contribution in [1.82, 2.24) is 0 Å². The summed E-state index contributed by atoms with van der Waals surface area (Å²) in [5.74, 6) is 0. The zero-order chi connectivity index (χ0) is 9.68. The van der Waals surface area contributed by atoms with Crippen molar-refractivity contribution in [3.05, 3.63) is 33.8 Å². The number of hydrogen-bond donors (Lipinski definition) is 0. The van der Waals surface area contributed by atoms with E-state index in [4.69, 9.17) is 0 Å². The lowest BCUT2D eigenvalue weighted by Crippen LogP contribution is -1.91. The molecule has 0 atom stereocenters. The Hall–Kier alpha value is 0.110. The highest BCUT2D eigenvalue weighted by Gasteiger charge is 2.04. The topological polar surface area (TPSA) is 0 Å². The maximum Gasteiger partial charge on any atom is 0.116 e. The van der Waals surface area contributed by atoms with Gasteiger partial charge < -0.3 is 0 Å². The first-order valence-electron chi connectivity index (χ1n) is 4.17.